The predicted octanol–water partition coefficient (Wildman–Crippen LogP) is 1.62. The minimum Gasteiger partial charge on any atom is -0.317 e. The number of nitrogens with zero attached hydrogens (tertiary/aromatic N) is 3. The van der Waals surface area contributed by atoms with Crippen molar-refractivity contribution in [2.45, 2.75) is 38.7 Å². The summed E-state index contributed by atoms with van der Waals surface area (Å²) in [6, 6.07) is 0.0945. The van der Waals surface area contributed by atoms with Gasteiger partial charge in [0.15, 0.2) is 0 Å². The van der Waals surface area contributed by atoms with Gasteiger partial charge in [-0.3, -0.25) is 0 Å². The van der Waals surface area contributed by atoms with Gasteiger partial charge in [-0.1, -0.05) is 0 Å². The third-order valence-electron chi connectivity index (χ3n) is 2.93. The van der Waals surface area contributed by atoms with Crippen LogP contribution < -0.4 is 5.32 Å². The smallest absolute Gasteiger partial charge is 0.304 e. The largest absolute Gasteiger partial charge is 0.317 e. The van der Waals surface area contributed by atoms with Gasteiger partial charge in [-0.2, -0.15) is 8.78 Å². The lowest BCUT2D eigenvalue weighted by Gasteiger charge is -2.27. The Bertz CT molecular complexity index is 363. The average Bonchev–Trinajstić information content (AvgIpc) is 2.61. The van der Waals surface area contributed by atoms with Gasteiger partial charge < -0.3 is 9.88 Å². The summed E-state index contributed by atoms with van der Waals surface area (Å²) in [6.07, 6.45) is 1.70. The fourth-order valence-electron chi connectivity index (χ4n) is 2.17. The van der Waals surface area contributed by atoms with Crippen molar-refractivity contribution in [2.24, 2.45) is 0 Å². The second kappa shape index (κ2) is 4.08. The summed E-state index contributed by atoms with van der Waals surface area (Å²) in [7, 11) is 0. The lowest BCUT2D eigenvalue weighted by Crippen LogP contribution is -2.32. The average molecular weight is 230 g/mol. The molecule has 0 amide bonds. The molecule has 0 atom stereocenters. The fraction of sp³-hybridized carbons (Fsp3) is 0.800. The van der Waals surface area contributed by atoms with Crippen molar-refractivity contribution in [2.75, 3.05) is 13.1 Å². The van der Waals surface area contributed by atoms with E-state index in [1.165, 1.54) is 0 Å². The third kappa shape index (κ3) is 2.07. The highest BCUT2D eigenvalue weighted by Gasteiger charge is 2.34. The van der Waals surface area contributed by atoms with E-state index in [0.29, 0.717) is 5.82 Å². The first-order chi connectivity index (χ1) is 7.50. The van der Waals surface area contributed by atoms with Crippen LogP contribution >= 0.6 is 0 Å². The highest BCUT2D eigenvalue weighted by Crippen LogP contribution is 2.30. The van der Waals surface area contributed by atoms with Gasteiger partial charge in [0.05, 0.1) is 0 Å². The van der Waals surface area contributed by atoms with Gasteiger partial charge >= 0.3 is 5.92 Å². The van der Waals surface area contributed by atoms with Crippen LogP contribution in [-0.4, -0.2) is 27.9 Å². The van der Waals surface area contributed by atoms with Crippen LogP contribution in [0.5, 0.6) is 0 Å². The number of halogens is 2. The maximum Gasteiger partial charge on any atom is 0.304 e. The normalized spacial score (nSPS) is 19.0. The van der Waals surface area contributed by atoms with Gasteiger partial charge in [-0.25, -0.2) is 0 Å². The van der Waals surface area contributed by atoms with Gasteiger partial charge in [0.25, 0.3) is 0 Å². The molecule has 1 N–H and O–H groups in total. The molecule has 4 nitrogen and oxygen atoms in total. The number of aryl methyl sites for hydroxylation is 1. The van der Waals surface area contributed by atoms with Crippen LogP contribution in [0.4, 0.5) is 8.78 Å². The minimum absolute atomic E-state index is 0.0945. The fourth-order valence-corrected chi connectivity index (χ4v) is 2.17. The number of rotatable bonds is 2. The minimum atomic E-state index is -2.92. The number of alkyl halides is 2. The van der Waals surface area contributed by atoms with E-state index in [0.717, 1.165) is 32.9 Å². The Morgan fingerprint density at radius 1 is 1.31 bits per heavy atom. The first-order valence-corrected chi connectivity index (χ1v) is 5.50. The summed E-state index contributed by atoms with van der Waals surface area (Å²) >= 11 is 0. The molecule has 0 unspecified atom stereocenters. The zero-order chi connectivity index (χ0) is 11.8. The molecular formula is C10H16F2N4. The number of hydrogen-bond acceptors (Lipinski definition) is 3. The molecule has 0 radical (unpaired) electrons. The van der Waals surface area contributed by atoms with E-state index in [2.05, 4.69) is 15.5 Å². The number of hydrogen-bond donors (Lipinski definition) is 1. The van der Waals surface area contributed by atoms with Crippen LogP contribution in [0.25, 0.3) is 0 Å². The molecule has 1 aromatic heterocycles. The third-order valence-corrected chi connectivity index (χ3v) is 2.93. The van der Waals surface area contributed by atoms with Crippen molar-refractivity contribution in [3.8, 4) is 0 Å². The van der Waals surface area contributed by atoms with E-state index in [4.69, 9.17) is 0 Å². The summed E-state index contributed by atoms with van der Waals surface area (Å²) in [5, 5.41) is 10.6. The van der Waals surface area contributed by atoms with Crippen molar-refractivity contribution < 1.29 is 8.78 Å². The number of nitrogens with one attached hydrogen (secondary N) is 1. The first kappa shape index (κ1) is 11.4. The molecule has 0 aromatic carbocycles. The summed E-state index contributed by atoms with van der Waals surface area (Å²) in [5.74, 6) is -2.56. The zero-order valence-corrected chi connectivity index (χ0v) is 9.50. The monoisotopic (exact) mass is 230 g/mol. The molecule has 16 heavy (non-hydrogen) atoms. The Hall–Kier alpha value is -1.04. The Balaban J connectivity index is 2.34. The molecule has 90 valence electrons. The Kier molecular flexibility index (Phi) is 2.92. The highest BCUT2D eigenvalue weighted by atomic mass is 19.3. The van der Waals surface area contributed by atoms with Crippen LogP contribution in [0.15, 0.2) is 0 Å². The maximum atomic E-state index is 13.3. The summed E-state index contributed by atoms with van der Waals surface area (Å²) in [6.45, 7) is 4.31. The molecular weight excluding hydrogens is 214 g/mol. The van der Waals surface area contributed by atoms with Crippen molar-refractivity contribution in [3.63, 3.8) is 0 Å². The molecule has 2 rings (SSSR count). The van der Waals surface area contributed by atoms with Crippen molar-refractivity contribution in [3.05, 3.63) is 11.6 Å². The lowest BCUT2D eigenvalue weighted by atomic mass is 10.1. The molecule has 0 spiro atoms. The zero-order valence-electron chi connectivity index (χ0n) is 9.50. The molecule has 0 bridgehead atoms. The van der Waals surface area contributed by atoms with Gasteiger partial charge in [-0.05, 0) is 32.9 Å². The van der Waals surface area contributed by atoms with Crippen LogP contribution in [0, 0.1) is 6.92 Å². The number of aromatic nitrogens is 3. The van der Waals surface area contributed by atoms with E-state index in [1.54, 1.807) is 11.5 Å². The maximum absolute atomic E-state index is 13.3. The van der Waals surface area contributed by atoms with Crippen LogP contribution in [0.2, 0.25) is 0 Å². The summed E-state index contributed by atoms with van der Waals surface area (Å²) in [4.78, 5) is 0. The van der Waals surface area contributed by atoms with Gasteiger partial charge in [0, 0.05) is 13.0 Å². The molecule has 0 saturated carbocycles. The molecule has 6 heteroatoms. The van der Waals surface area contributed by atoms with Gasteiger partial charge in [-0.15, -0.1) is 10.2 Å². The van der Waals surface area contributed by atoms with Crippen LogP contribution in [0.1, 0.15) is 37.5 Å². The molecule has 2 heterocycles. The Morgan fingerprint density at radius 3 is 2.50 bits per heavy atom. The van der Waals surface area contributed by atoms with Gasteiger partial charge in [0.1, 0.15) is 5.82 Å². The Morgan fingerprint density at radius 2 is 1.94 bits per heavy atom. The van der Waals surface area contributed by atoms with Crippen LogP contribution in [0.3, 0.4) is 0 Å². The van der Waals surface area contributed by atoms with E-state index < -0.39 is 5.92 Å². The van der Waals surface area contributed by atoms with Crippen molar-refractivity contribution >= 4 is 0 Å². The first-order valence-electron chi connectivity index (χ1n) is 5.50. The highest BCUT2D eigenvalue weighted by molar-refractivity contribution is 5.03. The lowest BCUT2D eigenvalue weighted by molar-refractivity contribution is 0.00143. The van der Waals surface area contributed by atoms with E-state index in [9.17, 15) is 8.78 Å². The van der Waals surface area contributed by atoms with E-state index in [1.807, 2.05) is 0 Å². The van der Waals surface area contributed by atoms with Crippen molar-refractivity contribution in [1.82, 2.24) is 20.1 Å². The Labute approximate surface area is 93.1 Å². The van der Waals surface area contributed by atoms with E-state index >= 15 is 0 Å². The number of piperidine rings is 1. The van der Waals surface area contributed by atoms with Gasteiger partial charge in [0.2, 0.25) is 5.82 Å². The SMILES string of the molecule is Cc1nnc(C(C)(F)F)n1C1CCNCC1. The standard InChI is InChI=1S/C10H16F2N4/c1-7-14-15-9(10(2,11)12)16(7)8-3-5-13-6-4-8/h8,13H,3-6H2,1-2H3. The topological polar surface area (TPSA) is 42.7 Å². The van der Waals surface area contributed by atoms with Crippen LogP contribution in [-0.2, 0) is 5.92 Å². The molecule has 1 aliphatic rings. The van der Waals surface area contributed by atoms with E-state index in [-0.39, 0.29) is 11.9 Å². The molecule has 1 fully saturated rings. The quantitative estimate of drug-likeness (QED) is 0.839. The molecule has 1 aromatic rings. The second-order valence-corrected chi connectivity index (χ2v) is 4.31. The summed E-state index contributed by atoms with van der Waals surface area (Å²) < 4.78 is 28.3. The molecule has 0 aliphatic carbocycles. The van der Waals surface area contributed by atoms with Crippen molar-refractivity contribution in [1.29, 1.82) is 0 Å². The molecule has 1 saturated heterocycles. The second-order valence-electron chi connectivity index (χ2n) is 4.31. The summed E-state index contributed by atoms with van der Waals surface area (Å²) in [5.41, 5.74) is 0. The predicted molar refractivity (Wildman–Crippen MR) is 55.5 cm³/mol. The molecule has 1 aliphatic heterocycles.